The van der Waals surface area contributed by atoms with E-state index in [1.165, 1.54) is 0 Å². The first-order valence-corrected chi connectivity index (χ1v) is 5.43. The van der Waals surface area contributed by atoms with Gasteiger partial charge in [0.15, 0.2) is 0 Å². The number of hydrogen-bond acceptors (Lipinski definition) is 4. The van der Waals surface area contributed by atoms with Gasteiger partial charge in [0, 0.05) is 7.11 Å². The van der Waals surface area contributed by atoms with Crippen LogP contribution in [0.2, 0.25) is 0 Å². The van der Waals surface area contributed by atoms with Crippen LogP contribution in [0.25, 0.3) is 0 Å². The molecule has 0 aromatic rings. The van der Waals surface area contributed by atoms with Crippen LogP contribution in [0.15, 0.2) is 0 Å². The maximum atomic E-state index is 5.55. The van der Waals surface area contributed by atoms with Gasteiger partial charge in [-0.05, 0) is 19.3 Å². The fourth-order valence-corrected chi connectivity index (χ4v) is 1.64. The number of hydrogen-bond donors (Lipinski definition) is 2. The molecule has 0 heterocycles. The zero-order chi connectivity index (χ0) is 12.1. The molecule has 0 aliphatic carbocycles. The van der Waals surface area contributed by atoms with Gasteiger partial charge in [-0.15, -0.1) is 0 Å². The van der Waals surface area contributed by atoms with Gasteiger partial charge >= 0.3 is 0 Å². The second-order valence-electron chi connectivity index (χ2n) is 5.18. The molecule has 92 valence electrons. The highest BCUT2D eigenvalue weighted by Gasteiger charge is 2.32. The van der Waals surface area contributed by atoms with Crippen molar-refractivity contribution in [1.29, 1.82) is 0 Å². The van der Waals surface area contributed by atoms with Gasteiger partial charge in [-0.3, -0.25) is 11.3 Å². The summed E-state index contributed by atoms with van der Waals surface area (Å²) < 4.78 is 11.0. The average Bonchev–Trinajstić information content (AvgIpc) is 2.09. The Labute approximate surface area is 93.5 Å². The molecule has 0 aliphatic heterocycles. The normalized spacial score (nSPS) is 16.8. The number of nitrogens with two attached hydrogens (primary N) is 1. The van der Waals surface area contributed by atoms with Crippen molar-refractivity contribution in [2.45, 2.75) is 52.9 Å². The minimum absolute atomic E-state index is 0.0115. The minimum Gasteiger partial charge on any atom is -0.379 e. The van der Waals surface area contributed by atoms with Crippen LogP contribution in [0.5, 0.6) is 0 Å². The summed E-state index contributed by atoms with van der Waals surface area (Å²) in [7, 11) is 1.70. The van der Waals surface area contributed by atoms with Crippen LogP contribution < -0.4 is 11.3 Å². The van der Waals surface area contributed by atoms with Crippen molar-refractivity contribution in [3.63, 3.8) is 0 Å². The maximum Gasteiger partial charge on any atom is 0.0808 e. The molecule has 0 spiro atoms. The first-order chi connectivity index (χ1) is 6.82. The molecule has 0 aliphatic rings. The van der Waals surface area contributed by atoms with E-state index in [9.17, 15) is 0 Å². The molecule has 0 aromatic carbocycles. The third-order valence-corrected chi connectivity index (χ3v) is 2.30. The molecule has 0 rings (SSSR count). The number of methoxy groups -OCH3 is 1. The monoisotopic (exact) mass is 218 g/mol. The quantitative estimate of drug-likeness (QED) is 0.521. The van der Waals surface area contributed by atoms with Crippen molar-refractivity contribution in [3.05, 3.63) is 0 Å². The second kappa shape index (κ2) is 6.43. The number of hydrazine groups is 1. The van der Waals surface area contributed by atoms with E-state index in [4.69, 9.17) is 15.3 Å². The van der Waals surface area contributed by atoms with Gasteiger partial charge in [-0.1, -0.05) is 20.8 Å². The van der Waals surface area contributed by atoms with E-state index in [2.05, 4.69) is 26.2 Å². The van der Waals surface area contributed by atoms with Crippen LogP contribution in [0.3, 0.4) is 0 Å². The van der Waals surface area contributed by atoms with Crippen molar-refractivity contribution in [2.75, 3.05) is 13.7 Å². The number of ether oxygens (including phenoxy) is 2. The van der Waals surface area contributed by atoms with Crippen LogP contribution in [-0.4, -0.2) is 32.0 Å². The van der Waals surface area contributed by atoms with Crippen LogP contribution >= 0.6 is 0 Å². The smallest absolute Gasteiger partial charge is 0.0808 e. The Morgan fingerprint density at radius 2 is 1.80 bits per heavy atom. The summed E-state index contributed by atoms with van der Waals surface area (Å²) in [6, 6.07) is 0.0115. The fraction of sp³-hybridized carbons (Fsp3) is 1.00. The lowest BCUT2D eigenvalue weighted by molar-refractivity contribution is -0.0454. The van der Waals surface area contributed by atoms with Gasteiger partial charge in [0.25, 0.3) is 0 Å². The Morgan fingerprint density at radius 1 is 1.27 bits per heavy atom. The topological polar surface area (TPSA) is 56.5 Å². The minimum atomic E-state index is 0.0115. The summed E-state index contributed by atoms with van der Waals surface area (Å²) in [5, 5.41) is 0. The largest absolute Gasteiger partial charge is 0.379 e. The molecule has 0 saturated carbocycles. The van der Waals surface area contributed by atoms with E-state index >= 15 is 0 Å². The third kappa shape index (κ3) is 5.47. The first kappa shape index (κ1) is 14.8. The maximum absolute atomic E-state index is 5.55. The summed E-state index contributed by atoms with van der Waals surface area (Å²) >= 11 is 0. The van der Waals surface area contributed by atoms with Gasteiger partial charge in [-0.2, -0.15) is 0 Å². The molecular weight excluding hydrogens is 192 g/mol. The van der Waals surface area contributed by atoms with Gasteiger partial charge in [0.05, 0.1) is 24.9 Å². The zero-order valence-electron chi connectivity index (χ0n) is 10.8. The standard InChI is InChI=1S/C11H26N2O2/c1-8(2)15-7-9(13-12)10(14-6)11(3,4)5/h8-10,13H,7,12H2,1-6H3. The molecule has 0 radical (unpaired) electrons. The van der Waals surface area contributed by atoms with Crippen LogP contribution in [-0.2, 0) is 9.47 Å². The van der Waals surface area contributed by atoms with Crippen molar-refractivity contribution >= 4 is 0 Å². The fourth-order valence-electron chi connectivity index (χ4n) is 1.64. The highest BCUT2D eigenvalue weighted by Crippen LogP contribution is 2.24. The van der Waals surface area contributed by atoms with E-state index in [1.54, 1.807) is 7.11 Å². The summed E-state index contributed by atoms with van der Waals surface area (Å²) in [6.07, 6.45) is 0.236. The van der Waals surface area contributed by atoms with Crippen molar-refractivity contribution in [3.8, 4) is 0 Å². The lowest BCUT2D eigenvalue weighted by atomic mass is 9.85. The van der Waals surface area contributed by atoms with E-state index in [0.29, 0.717) is 6.61 Å². The van der Waals surface area contributed by atoms with Crippen LogP contribution in [0.4, 0.5) is 0 Å². The Balaban J connectivity index is 4.35. The molecule has 0 saturated heterocycles. The third-order valence-electron chi connectivity index (χ3n) is 2.30. The van der Waals surface area contributed by atoms with Gasteiger partial charge in [-0.25, -0.2) is 0 Å². The Kier molecular flexibility index (Phi) is 6.36. The molecule has 15 heavy (non-hydrogen) atoms. The first-order valence-electron chi connectivity index (χ1n) is 5.43. The van der Waals surface area contributed by atoms with E-state index in [1.807, 2.05) is 13.8 Å². The SMILES string of the molecule is COC(C(COC(C)C)NN)C(C)(C)C. The van der Waals surface area contributed by atoms with E-state index in [0.717, 1.165) is 0 Å². The molecule has 4 nitrogen and oxygen atoms in total. The van der Waals surface area contributed by atoms with Crippen LogP contribution in [0.1, 0.15) is 34.6 Å². The summed E-state index contributed by atoms with van der Waals surface area (Å²) in [5.74, 6) is 5.52. The molecule has 0 aromatic heterocycles. The lowest BCUT2D eigenvalue weighted by Crippen LogP contribution is -2.53. The zero-order valence-corrected chi connectivity index (χ0v) is 10.8. The molecule has 0 fully saturated rings. The van der Waals surface area contributed by atoms with E-state index in [-0.39, 0.29) is 23.7 Å². The van der Waals surface area contributed by atoms with Gasteiger partial charge in [0.1, 0.15) is 0 Å². The number of nitrogens with one attached hydrogen (secondary N) is 1. The average molecular weight is 218 g/mol. The summed E-state index contributed by atoms with van der Waals surface area (Å²) in [4.78, 5) is 0. The predicted molar refractivity (Wildman–Crippen MR) is 62.5 cm³/mol. The van der Waals surface area contributed by atoms with E-state index < -0.39 is 0 Å². The highest BCUT2D eigenvalue weighted by atomic mass is 16.5. The summed E-state index contributed by atoms with van der Waals surface area (Å²) in [6.45, 7) is 10.9. The predicted octanol–water partition coefficient (Wildman–Crippen LogP) is 1.30. The van der Waals surface area contributed by atoms with Crippen molar-refractivity contribution in [1.82, 2.24) is 5.43 Å². The molecular formula is C11H26N2O2. The molecule has 4 heteroatoms. The number of rotatable bonds is 6. The molecule has 2 unspecified atom stereocenters. The van der Waals surface area contributed by atoms with Gasteiger partial charge in [0.2, 0.25) is 0 Å². The summed E-state index contributed by atoms with van der Waals surface area (Å²) in [5.41, 5.74) is 2.80. The molecule has 2 atom stereocenters. The Hall–Kier alpha value is -0.160. The second-order valence-corrected chi connectivity index (χ2v) is 5.18. The van der Waals surface area contributed by atoms with Gasteiger partial charge < -0.3 is 9.47 Å². The van der Waals surface area contributed by atoms with Crippen molar-refractivity contribution in [2.24, 2.45) is 11.3 Å². The lowest BCUT2D eigenvalue weighted by Gasteiger charge is -2.35. The molecule has 0 amide bonds. The van der Waals surface area contributed by atoms with Crippen molar-refractivity contribution < 1.29 is 9.47 Å². The Bertz CT molecular complexity index is 166. The molecule has 3 N–H and O–H groups in total. The molecule has 0 bridgehead atoms. The Morgan fingerprint density at radius 3 is 2.07 bits per heavy atom. The van der Waals surface area contributed by atoms with Crippen LogP contribution in [0, 0.1) is 5.41 Å². The highest BCUT2D eigenvalue weighted by molar-refractivity contribution is 4.85.